The molecule has 0 radical (unpaired) electrons. The van der Waals surface area contributed by atoms with Crippen LogP contribution in [0, 0.1) is 13.8 Å². The van der Waals surface area contributed by atoms with Crippen molar-refractivity contribution in [2.75, 3.05) is 0 Å². The molecule has 30 heavy (non-hydrogen) atoms. The van der Waals surface area contributed by atoms with Gasteiger partial charge in [0.05, 0.1) is 6.21 Å². The summed E-state index contributed by atoms with van der Waals surface area (Å²) in [6.45, 7) is 3.97. The SMILES string of the molecule is Cc1cc(/C=N\NC(=O)c2ccc3ccccc3c2)c(C)n1-c1cc(Cl)cc(Cl)c1. The molecular weight excluding hydrogens is 417 g/mol. The lowest BCUT2D eigenvalue weighted by molar-refractivity contribution is 0.0955. The highest BCUT2D eigenvalue weighted by Crippen LogP contribution is 2.26. The number of nitrogens with zero attached hydrogens (tertiary/aromatic N) is 2. The van der Waals surface area contributed by atoms with E-state index in [1.165, 1.54) is 0 Å². The molecule has 0 aliphatic carbocycles. The molecular formula is C24H19Cl2N3O. The normalized spacial score (nSPS) is 11.3. The first-order valence-corrected chi connectivity index (χ1v) is 10.2. The second-order valence-corrected chi connectivity index (χ2v) is 7.92. The Bertz CT molecular complexity index is 1270. The number of hydrogen-bond acceptors (Lipinski definition) is 2. The maximum absolute atomic E-state index is 12.5. The van der Waals surface area contributed by atoms with Gasteiger partial charge in [0.2, 0.25) is 0 Å². The molecule has 4 rings (SSSR count). The number of aromatic nitrogens is 1. The maximum atomic E-state index is 12.5. The summed E-state index contributed by atoms with van der Waals surface area (Å²) in [5, 5.41) is 7.40. The third-order valence-electron chi connectivity index (χ3n) is 4.96. The number of benzene rings is 3. The van der Waals surface area contributed by atoms with Crippen LogP contribution in [0.5, 0.6) is 0 Å². The number of nitrogens with one attached hydrogen (secondary N) is 1. The Balaban J connectivity index is 1.54. The molecule has 0 unspecified atom stereocenters. The van der Waals surface area contributed by atoms with Crippen LogP contribution in [0.3, 0.4) is 0 Å². The Labute approximate surface area is 184 Å². The molecule has 1 heterocycles. The summed E-state index contributed by atoms with van der Waals surface area (Å²) in [4.78, 5) is 12.5. The zero-order valence-electron chi connectivity index (χ0n) is 16.5. The van der Waals surface area contributed by atoms with Crippen LogP contribution in [0.2, 0.25) is 10.0 Å². The average molecular weight is 436 g/mol. The van der Waals surface area contributed by atoms with Gasteiger partial charge < -0.3 is 4.57 Å². The van der Waals surface area contributed by atoms with Gasteiger partial charge >= 0.3 is 0 Å². The second kappa shape index (κ2) is 8.34. The van der Waals surface area contributed by atoms with Crippen LogP contribution in [-0.4, -0.2) is 16.7 Å². The quantitative estimate of drug-likeness (QED) is 0.295. The van der Waals surface area contributed by atoms with E-state index in [4.69, 9.17) is 23.2 Å². The monoisotopic (exact) mass is 435 g/mol. The summed E-state index contributed by atoms with van der Waals surface area (Å²) in [5.41, 5.74) is 6.91. The van der Waals surface area contributed by atoms with Crippen molar-refractivity contribution < 1.29 is 4.79 Å². The first-order valence-electron chi connectivity index (χ1n) is 9.40. The Kier molecular flexibility index (Phi) is 5.62. The van der Waals surface area contributed by atoms with Gasteiger partial charge in [0.25, 0.3) is 5.91 Å². The number of hydrazone groups is 1. The molecule has 0 fully saturated rings. The van der Waals surface area contributed by atoms with Crippen molar-refractivity contribution in [2.24, 2.45) is 5.10 Å². The van der Waals surface area contributed by atoms with Gasteiger partial charge in [0.15, 0.2) is 0 Å². The maximum Gasteiger partial charge on any atom is 0.271 e. The van der Waals surface area contributed by atoms with Crippen LogP contribution < -0.4 is 5.43 Å². The summed E-state index contributed by atoms with van der Waals surface area (Å²) in [7, 11) is 0. The fraction of sp³-hybridized carbons (Fsp3) is 0.0833. The Morgan fingerprint density at radius 3 is 2.37 bits per heavy atom. The number of fused-ring (bicyclic) bond motifs is 1. The highest BCUT2D eigenvalue weighted by atomic mass is 35.5. The molecule has 0 spiro atoms. The number of hydrogen-bond donors (Lipinski definition) is 1. The van der Waals surface area contributed by atoms with Crippen LogP contribution >= 0.6 is 23.2 Å². The van der Waals surface area contributed by atoms with Crippen molar-refractivity contribution in [1.82, 2.24) is 9.99 Å². The third kappa shape index (κ3) is 4.11. The molecule has 1 aromatic heterocycles. The lowest BCUT2D eigenvalue weighted by Gasteiger charge is -2.10. The van der Waals surface area contributed by atoms with Gasteiger partial charge in [-0.05, 0) is 61.0 Å². The number of carbonyl (C=O) groups excluding carboxylic acids is 1. The van der Waals surface area contributed by atoms with Crippen LogP contribution in [-0.2, 0) is 0 Å². The van der Waals surface area contributed by atoms with Crippen LogP contribution in [0.1, 0.15) is 27.3 Å². The Hall–Kier alpha value is -3.08. The van der Waals surface area contributed by atoms with Crippen molar-refractivity contribution in [3.8, 4) is 5.69 Å². The smallest absolute Gasteiger partial charge is 0.271 e. The van der Waals surface area contributed by atoms with E-state index in [1.807, 2.05) is 73.0 Å². The summed E-state index contributed by atoms with van der Waals surface area (Å²) in [5.74, 6) is -0.257. The molecule has 4 aromatic rings. The number of carbonyl (C=O) groups is 1. The van der Waals surface area contributed by atoms with Crippen molar-refractivity contribution >= 4 is 46.1 Å². The third-order valence-corrected chi connectivity index (χ3v) is 5.39. The topological polar surface area (TPSA) is 46.4 Å². The largest absolute Gasteiger partial charge is 0.318 e. The van der Waals surface area contributed by atoms with E-state index < -0.39 is 0 Å². The predicted octanol–water partition coefficient (Wildman–Crippen LogP) is 6.32. The van der Waals surface area contributed by atoms with Gasteiger partial charge in [-0.15, -0.1) is 0 Å². The number of rotatable bonds is 4. The second-order valence-electron chi connectivity index (χ2n) is 7.05. The minimum Gasteiger partial charge on any atom is -0.318 e. The van der Waals surface area contributed by atoms with Crippen LogP contribution in [0.25, 0.3) is 16.5 Å². The lowest BCUT2D eigenvalue weighted by Crippen LogP contribution is -2.17. The van der Waals surface area contributed by atoms with Crippen molar-refractivity contribution in [2.45, 2.75) is 13.8 Å². The number of halogens is 2. The van der Waals surface area contributed by atoms with E-state index in [-0.39, 0.29) is 5.91 Å². The van der Waals surface area contributed by atoms with E-state index in [9.17, 15) is 4.79 Å². The van der Waals surface area contributed by atoms with Gasteiger partial charge in [0.1, 0.15) is 0 Å². The van der Waals surface area contributed by atoms with Gasteiger partial charge in [-0.1, -0.05) is 53.5 Å². The molecule has 4 nitrogen and oxygen atoms in total. The minimum atomic E-state index is -0.257. The van der Waals surface area contributed by atoms with Crippen molar-refractivity contribution in [3.05, 3.63) is 99.3 Å². The standard InChI is InChI=1S/C24H19Cl2N3O/c1-15-9-20(16(2)29(15)23-12-21(25)11-22(26)13-23)14-27-28-24(30)19-8-7-17-5-3-4-6-18(17)10-19/h3-14H,1-2H3,(H,28,30)/b27-14-. The van der Waals surface area contributed by atoms with E-state index >= 15 is 0 Å². The van der Waals surface area contributed by atoms with Crippen molar-refractivity contribution in [3.63, 3.8) is 0 Å². The molecule has 1 amide bonds. The summed E-state index contributed by atoms with van der Waals surface area (Å²) in [6, 6.07) is 20.9. The summed E-state index contributed by atoms with van der Waals surface area (Å²) >= 11 is 12.3. The zero-order valence-corrected chi connectivity index (χ0v) is 18.0. The average Bonchev–Trinajstić information content (AvgIpc) is 3.00. The number of amides is 1. The molecule has 0 aliphatic heterocycles. The molecule has 3 aromatic carbocycles. The van der Waals surface area contributed by atoms with Gasteiger partial charge in [-0.2, -0.15) is 5.10 Å². The molecule has 0 saturated heterocycles. The van der Waals surface area contributed by atoms with Crippen LogP contribution in [0.15, 0.2) is 71.8 Å². The molecule has 0 atom stereocenters. The zero-order chi connectivity index (χ0) is 21.3. The first-order chi connectivity index (χ1) is 14.4. The predicted molar refractivity (Wildman–Crippen MR) is 124 cm³/mol. The molecule has 1 N–H and O–H groups in total. The Morgan fingerprint density at radius 1 is 0.933 bits per heavy atom. The highest BCUT2D eigenvalue weighted by Gasteiger charge is 2.11. The van der Waals surface area contributed by atoms with Gasteiger partial charge in [-0.3, -0.25) is 4.79 Å². The van der Waals surface area contributed by atoms with Gasteiger partial charge in [-0.25, -0.2) is 5.43 Å². The van der Waals surface area contributed by atoms with Crippen molar-refractivity contribution in [1.29, 1.82) is 0 Å². The highest BCUT2D eigenvalue weighted by molar-refractivity contribution is 6.34. The summed E-state index contributed by atoms with van der Waals surface area (Å²) in [6.07, 6.45) is 1.64. The lowest BCUT2D eigenvalue weighted by atomic mass is 10.1. The minimum absolute atomic E-state index is 0.257. The molecule has 6 heteroatoms. The molecule has 150 valence electrons. The fourth-order valence-electron chi connectivity index (χ4n) is 3.54. The number of aryl methyl sites for hydroxylation is 1. The first kappa shape index (κ1) is 20.2. The van der Waals surface area contributed by atoms with E-state index in [1.54, 1.807) is 18.3 Å². The van der Waals surface area contributed by atoms with E-state index in [2.05, 4.69) is 10.5 Å². The molecule has 0 aliphatic rings. The Morgan fingerprint density at radius 2 is 1.63 bits per heavy atom. The van der Waals surface area contributed by atoms with E-state index in [0.29, 0.717) is 15.6 Å². The van der Waals surface area contributed by atoms with Crippen LogP contribution in [0.4, 0.5) is 0 Å². The molecule has 0 saturated carbocycles. The molecule has 0 bridgehead atoms. The van der Waals surface area contributed by atoms with E-state index in [0.717, 1.165) is 33.4 Å². The fourth-order valence-corrected chi connectivity index (χ4v) is 4.05. The van der Waals surface area contributed by atoms with Gasteiger partial charge in [0, 0.05) is 38.2 Å². The summed E-state index contributed by atoms with van der Waals surface area (Å²) < 4.78 is 2.05.